The summed E-state index contributed by atoms with van der Waals surface area (Å²) in [5.41, 5.74) is 3.24. The van der Waals surface area contributed by atoms with Gasteiger partial charge in [0.15, 0.2) is 0 Å². The summed E-state index contributed by atoms with van der Waals surface area (Å²) in [4.78, 5) is 7.00. The lowest BCUT2D eigenvalue weighted by atomic mass is 9.95. The van der Waals surface area contributed by atoms with Crippen LogP contribution in [0.2, 0.25) is 6.32 Å². The van der Waals surface area contributed by atoms with Crippen molar-refractivity contribution in [2.45, 2.75) is 25.8 Å². The summed E-state index contributed by atoms with van der Waals surface area (Å²) in [5.74, 6) is 1.21. The number of hydrogen-bond donors (Lipinski definition) is 1. The minimum absolute atomic E-state index is 0.211. The van der Waals surface area contributed by atoms with E-state index in [1.54, 1.807) is 0 Å². The molecule has 0 amide bonds. The van der Waals surface area contributed by atoms with Crippen LogP contribution in [0.4, 0.5) is 0 Å². The normalized spacial score (nSPS) is 18.9. The van der Waals surface area contributed by atoms with Crippen LogP contribution in [0.5, 0.6) is 11.5 Å². The number of hydrogen-bond acceptors (Lipinski definition) is 5. The third kappa shape index (κ3) is 4.06. The molecule has 0 radical (unpaired) electrons. The molecule has 2 aliphatic heterocycles. The van der Waals surface area contributed by atoms with Gasteiger partial charge in [-0.1, -0.05) is 12.4 Å². The number of nitrogens with zero attached hydrogens (tertiary/aromatic N) is 3. The van der Waals surface area contributed by atoms with Crippen molar-refractivity contribution in [2.24, 2.45) is 0 Å². The Morgan fingerprint density at radius 1 is 1.24 bits per heavy atom. The van der Waals surface area contributed by atoms with Crippen molar-refractivity contribution in [2.75, 3.05) is 46.8 Å². The molecule has 0 spiro atoms. The summed E-state index contributed by atoms with van der Waals surface area (Å²) in [6, 6.07) is 4.00. The summed E-state index contributed by atoms with van der Waals surface area (Å²) >= 11 is 0. The lowest BCUT2D eigenvalue weighted by Crippen LogP contribution is -2.55. The fourth-order valence-corrected chi connectivity index (χ4v) is 3.50. The number of benzene rings is 1. The average molecular weight is 343 g/mol. The molecule has 1 aromatic rings. The maximum atomic E-state index is 10.3. The molecule has 0 aliphatic carbocycles. The highest BCUT2D eigenvalue weighted by molar-refractivity contribution is 6.08. The first kappa shape index (κ1) is 18.0. The van der Waals surface area contributed by atoms with Crippen LogP contribution in [0.1, 0.15) is 11.1 Å². The van der Waals surface area contributed by atoms with E-state index in [0.717, 1.165) is 62.3 Å². The van der Waals surface area contributed by atoms with Crippen LogP contribution < -0.4 is 4.74 Å². The van der Waals surface area contributed by atoms with E-state index < -0.39 is 0 Å². The van der Waals surface area contributed by atoms with Gasteiger partial charge in [-0.05, 0) is 25.0 Å². The zero-order valence-electron chi connectivity index (χ0n) is 16.0. The number of aryl methyl sites for hydroxylation is 1. The Balaban J connectivity index is 1.53. The summed E-state index contributed by atoms with van der Waals surface area (Å²) in [6.45, 7) is 6.96. The molecule has 1 N–H and O–H groups in total. The van der Waals surface area contributed by atoms with Crippen molar-refractivity contribution in [1.29, 1.82) is 0 Å². The van der Waals surface area contributed by atoms with Crippen LogP contribution >= 0.6 is 0 Å². The number of phenolic OH excluding ortho intramolecular Hbond substituents is 1. The maximum Gasteiger partial charge on any atom is 0.126 e. The number of rotatable bonds is 6. The van der Waals surface area contributed by atoms with Gasteiger partial charge in [-0.25, -0.2) is 0 Å². The minimum atomic E-state index is 0.211. The molecule has 3 rings (SSSR count). The lowest BCUT2D eigenvalue weighted by Gasteiger charge is -2.42. The Labute approximate surface area is 152 Å². The Bertz CT molecular complexity index is 644. The molecular formula is C19H30BN3O2. The van der Waals surface area contributed by atoms with E-state index in [9.17, 15) is 5.11 Å². The number of aromatic hydroxyl groups is 1. The Kier molecular flexibility index (Phi) is 5.47. The summed E-state index contributed by atoms with van der Waals surface area (Å²) in [6.07, 6.45) is 4.39. The number of likely N-dealkylation sites (tertiary alicyclic amines) is 1. The van der Waals surface area contributed by atoms with Gasteiger partial charge in [0.25, 0.3) is 0 Å². The molecule has 6 heteroatoms. The standard InChI is InChI=1S/C19H30BN3O2/c1-14-18(5-4-15(6-7-20)19(14)24)25-17-12-23(13-17)11-16-10-21(2)8-9-22(16)3/h4-5,10,17,24H,6-9,11-13,20H2,1-3H3. The Morgan fingerprint density at radius 3 is 2.72 bits per heavy atom. The van der Waals surface area contributed by atoms with Gasteiger partial charge in [0.05, 0.1) is 0 Å². The van der Waals surface area contributed by atoms with E-state index in [1.807, 2.05) is 19.1 Å². The van der Waals surface area contributed by atoms with Crippen LogP contribution in [0, 0.1) is 6.92 Å². The second kappa shape index (κ2) is 7.60. The molecule has 1 fully saturated rings. The smallest absolute Gasteiger partial charge is 0.126 e. The number of phenols is 1. The monoisotopic (exact) mass is 343 g/mol. The maximum absolute atomic E-state index is 10.3. The highest BCUT2D eigenvalue weighted by Gasteiger charge is 2.30. The molecule has 25 heavy (non-hydrogen) atoms. The number of ether oxygens (including phenoxy) is 1. The minimum Gasteiger partial charge on any atom is -0.507 e. The molecular weight excluding hydrogens is 313 g/mol. The van der Waals surface area contributed by atoms with Crippen molar-refractivity contribution in [3.63, 3.8) is 0 Å². The molecule has 0 bridgehead atoms. The summed E-state index contributed by atoms with van der Waals surface area (Å²) in [7, 11) is 6.42. The molecule has 1 saturated heterocycles. The third-order valence-electron chi connectivity index (χ3n) is 5.23. The van der Waals surface area contributed by atoms with E-state index in [1.165, 1.54) is 5.70 Å². The molecule has 0 saturated carbocycles. The highest BCUT2D eigenvalue weighted by atomic mass is 16.5. The Hall–Kier alpha value is -1.82. The fourth-order valence-electron chi connectivity index (χ4n) is 3.50. The number of likely N-dealkylation sites (N-methyl/N-ethyl adjacent to an activating group) is 2. The van der Waals surface area contributed by atoms with Gasteiger partial charge in [0.2, 0.25) is 0 Å². The van der Waals surface area contributed by atoms with Gasteiger partial charge in [0, 0.05) is 64.3 Å². The second-order valence-electron chi connectivity index (χ2n) is 7.40. The molecule has 2 heterocycles. The van der Waals surface area contributed by atoms with Crippen molar-refractivity contribution >= 4 is 7.85 Å². The summed E-state index contributed by atoms with van der Waals surface area (Å²) in [5, 5.41) is 10.3. The van der Waals surface area contributed by atoms with Gasteiger partial charge < -0.3 is 19.6 Å². The molecule has 5 nitrogen and oxygen atoms in total. The van der Waals surface area contributed by atoms with E-state index in [2.05, 4.69) is 42.8 Å². The van der Waals surface area contributed by atoms with Gasteiger partial charge in [-0.15, -0.1) is 0 Å². The largest absolute Gasteiger partial charge is 0.507 e. The molecule has 2 aliphatic rings. The predicted octanol–water partition coefficient (Wildman–Crippen LogP) is 1.08. The molecule has 136 valence electrons. The fraction of sp³-hybridized carbons (Fsp3) is 0.579. The SMILES string of the molecule is BCCc1ccc(OC2CN(CC3=CN(C)CCN3C)C2)c(C)c1O. The topological polar surface area (TPSA) is 39.2 Å². The van der Waals surface area contributed by atoms with Crippen LogP contribution in [0.15, 0.2) is 24.0 Å². The highest BCUT2D eigenvalue weighted by Crippen LogP contribution is 2.32. The van der Waals surface area contributed by atoms with Crippen LogP contribution in [-0.2, 0) is 6.42 Å². The average Bonchev–Trinajstić information content (AvgIpc) is 2.55. The van der Waals surface area contributed by atoms with Crippen molar-refractivity contribution in [3.8, 4) is 11.5 Å². The first-order valence-electron chi connectivity index (χ1n) is 9.30. The molecule has 0 atom stereocenters. The second-order valence-corrected chi connectivity index (χ2v) is 7.40. The Morgan fingerprint density at radius 2 is 2.00 bits per heavy atom. The molecule has 0 unspecified atom stereocenters. The third-order valence-corrected chi connectivity index (χ3v) is 5.23. The van der Waals surface area contributed by atoms with E-state index in [0.29, 0.717) is 5.75 Å². The molecule has 1 aromatic carbocycles. The van der Waals surface area contributed by atoms with Gasteiger partial charge in [-0.3, -0.25) is 4.90 Å². The van der Waals surface area contributed by atoms with Crippen LogP contribution in [0.3, 0.4) is 0 Å². The van der Waals surface area contributed by atoms with Crippen LogP contribution in [-0.4, -0.2) is 80.6 Å². The van der Waals surface area contributed by atoms with Gasteiger partial charge in [0.1, 0.15) is 25.4 Å². The van der Waals surface area contributed by atoms with Crippen molar-refractivity contribution in [3.05, 3.63) is 35.2 Å². The van der Waals surface area contributed by atoms with Gasteiger partial charge >= 0.3 is 0 Å². The first-order valence-corrected chi connectivity index (χ1v) is 9.30. The zero-order chi connectivity index (χ0) is 18.0. The molecule has 0 aromatic heterocycles. The summed E-state index contributed by atoms with van der Waals surface area (Å²) < 4.78 is 6.12. The lowest BCUT2D eigenvalue weighted by molar-refractivity contribution is 0.0210. The van der Waals surface area contributed by atoms with E-state index >= 15 is 0 Å². The first-order chi connectivity index (χ1) is 12.0. The van der Waals surface area contributed by atoms with Crippen LogP contribution in [0.25, 0.3) is 0 Å². The predicted molar refractivity (Wildman–Crippen MR) is 104 cm³/mol. The van der Waals surface area contributed by atoms with Gasteiger partial charge in [-0.2, -0.15) is 0 Å². The zero-order valence-corrected chi connectivity index (χ0v) is 16.0. The quantitative estimate of drug-likeness (QED) is 0.783. The van der Waals surface area contributed by atoms with E-state index in [-0.39, 0.29) is 6.10 Å². The van der Waals surface area contributed by atoms with E-state index in [4.69, 9.17) is 4.74 Å². The van der Waals surface area contributed by atoms with Crippen molar-refractivity contribution < 1.29 is 9.84 Å². The van der Waals surface area contributed by atoms with Crippen molar-refractivity contribution in [1.82, 2.24) is 14.7 Å².